The molecule has 5 N–H and O–H groups in total. The zero-order chi connectivity index (χ0) is 33.7. The number of rotatable bonds is 11. The van der Waals surface area contributed by atoms with Gasteiger partial charge in [-0.1, -0.05) is 45.0 Å². The molecule has 3 rings (SSSR count). The van der Waals surface area contributed by atoms with Crippen molar-refractivity contribution in [3.05, 3.63) is 70.2 Å². The Kier molecular flexibility index (Phi) is 11.2. The predicted molar refractivity (Wildman–Crippen MR) is 178 cm³/mol. The van der Waals surface area contributed by atoms with Gasteiger partial charge in [-0.25, -0.2) is 14.6 Å². The van der Waals surface area contributed by atoms with Gasteiger partial charge in [-0.15, -0.1) is 11.3 Å². The van der Waals surface area contributed by atoms with Crippen LogP contribution < -0.4 is 16.0 Å². The molecule has 3 aromatic rings. The van der Waals surface area contributed by atoms with E-state index >= 15 is 0 Å². The molecule has 2 atom stereocenters. The van der Waals surface area contributed by atoms with Crippen LogP contribution in [0.25, 0.3) is 0 Å². The highest BCUT2D eigenvalue weighted by Gasteiger charge is 2.54. The first-order chi connectivity index (χ1) is 20.8. The summed E-state index contributed by atoms with van der Waals surface area (Å²) in [6, 6.07) is 15.0. The van der Waals surface area contributed by atoms with Crippen LogP contribution in [0, 0.1) is 5.41 Å². The number of carboxylic acid groups (broad SMARTS) is 2. The number of amides is 3. The molecule has 0 aliphatic rings. The minimum absolute atomic E-state index is 0.198. The Hall–Kier alpha value is -3.81. The van der Waals surface area contributed by atoms with Crippen molar-refractivity contribution in [2.24, 2.45) is 5.41 Å². The minimum Gasteiger partial charge on any atom is -0.612 e. The normalized spacial score (nSPS) is 13.8. The monoisotopic (exact) mass is 657 g/mol. The van der Waals surface area contributed by atoms with Gasteiger partial charge in [-0.3, -0.25) is 15.0 Å². The molecule has 244 valence electrons. The van der Waals surface area contributed by atoms with Gasteiger partial charge >= 0.3 is 12.2 Å². The fourth-order valence-corrected chi connectivity index (χ4v) is 6.68. The molecule has 13 heteroatoms. The number of benzene rings is 2. The Morgan fingerprint density at radius 1 is 0.933 bits per heavy atom. The standard InChI is InChI=1S/C32H43N5O6S2/c1-20(38)33-27-34-25(26(44-27)19-22-11-16-24(17-12-22)45(8)43)18-13-21-9-14-23(15-10-21)35-32(30(2,3)4,36-28(39)40)37(29(41)42)31(5,6)7/h9-12,14-17,35-36H,13,18-19H2,1-8H3,(H,39,40)(H,41,42)(H,33,34,38). The van der Waals surface area contributed by atoms with Crippen LogP contribution in [0.2, 0.25) is 0 Å². The smallest absolute Gasteiger partial charge is 0.411 e. The molecule has 0 bridgehead atoms. The highest BCUT2D eigenvalue weighted by Crippen LogP contribution is 2.39. The molecule has 45 heavy (non-hydrogen) atoms. The Bertz CT molecular complexity index is 1490. The lowest BCUT2D eigenvalue weighted by Gasteiger charge is -2.55. The van der Waals surface area contributed by atoms with Gasteiger partial charge in [0, 0.05) is 34.9 Å². The van der Waals surface area contributed by atoms with Crippen molar-refractivity contribution >= 4 is 51.4 Å². The van der Waals surface area contributed by atoms with E-state index < -0.39 is 40.1 Å². The van der Waals surface area contributed by atoms with Crippen LogP contribution in [0.1, 0.15) is 70.2 Å². The van der Waals surface area contributed by atoms with Gasteiger partial charge in [0.15, 0.2) is 10.0 Å². The first-order valence-corrected chi connectivity index (χ1v) is 16.8. The van der Waals surface area contributed by atoms with Gasteiger partial charge in [0.2, 0.25) is 11.7 Å². The highest BCUT2D eigenvalue weighted by molar-refractivity contribution is 7.90. The summed E-state index contributed by atoms with van der Waals surface area (Å²) < 4.78 is 11.8. The lowest BCUT2D eigenvalue weighted by atomic mass is 9.82. The predicted octanol–water partition coefficient (Wildman–Crippen LogP) is 6.37. The number of aryl methyl sites for hydroxylation is 2. The van der Waals surface area contributed by atoms with Crippen molar-refractivity contribution in [2.45, 2.75) is 83.9 Å². The van der Waals surface area contributed by atoms with Gasteiger partial charge in [-0.05, 0) is 80.2 Å². The third-order valence-electron chi connectivity index (χ3n) is 7.18. The topological polar surface area (TPSA) is 167 Å². The summed E-state index contributed by atoms with van der Waals surface area (Å²) >= 11 is 0.372. The lowest BCUT2D eigenvalue weighted by Crippen LogP contribution is -2.76. The number of anilines is 2. The molecule has 1 heterocycles. The second kappa shape index (κ2) is 14.1. The van der Waals surface area contributed by atoms with Gasteiger partial charge in [0.05, 0.1) is 5.69 Å². The molecule has 1 aromatic heterocycles. The summed E-state index contributed by atoms with van der Waals surface area (Å²) in [5, 5.41) is 29.0. The summed E-state index contributed by atoms with van der Waals surface area (Å²) in [6.45, 7) is 11.9. The van der Waals surface area contributed by atoms with E-state index in [0.29, 0.717) is 30.1 Å². The van der Waals surface area contributed by atoms with Gasteiger partial charge in [-0.2, -0.15) is 0 Å². The van der Waals surface area contributed by atoms with E-state index in [0.717, 1.165) is 31.5 Å². The SMILES string of the molecule is CC(=O)Nc1nc(CCc2ccc(NC(NC(=O)O)(N(C(=O)O)C(C)(C)C)C(C)(C)C)cc2)c(Cc2ccc([S+](C)[O-])cc2)s1. The van der Waals surface area contributed by atoms with Crippen LogP contribution in [-0.4, -0.2) is 60.3 Å². The number of hydrogen-bond acceptors (Lipinski definition) is 7. The van der Waals surface area contributed by atoms with E-state index in [1.807, 2.05) is 36.4 Å². The van der Waals surface area contributed by atoms with Gasteiger partial charge in [0.1, 0.15) is 6.26 Å². The lowest BCUT2D eigenvalue weighted by molar-refractivity contribution is -0.114. The second-order valence-electron chi connectivity index (χ2n) is 12.8. The quantitative estimate of drug-likeness (QED) is 0.117. The second-order valence-corrected chi connectivity index (χ2v) is 15.3. The summed E-state index contributed by atoms with van der Waals surface area (Å²) in [4.78, 5) is 43.8. The van der Waals surface area contributed by atoms with E-state index in [4.69, 9.17) is 0 Å². The van der Waals surface area contributed by atoms with Crippen molar-refractivity contribution < 1.29 is 29.1 Å². The van der Waals surface area contributed by atoms with Crippen molar-refractivity contribution in [1.82, 2.24) is 15.2 Å². The number of aromatic nitrogens is 1. The van der Waals surface area contributed by atoms with Crippen LogP contribution in [0.15, 0.2) is 53.4 Å². The maximum Gasteiger partial charge on any atom is 0.411 e. The molecule has 11 nitrogen and oxygen atoms in total. The largest absolute Gasteiger partial charge is 0.612 e. The van der Waals surface area contributed by atoms with Gasteiger partial charge < -0.3 is 25.4 Å². The van der Waals surface area contributed by atoms with Crippen molar-refractivity contribution in [3.8, 4) is 0 Å². The summed E-state index contributed by atoms with van der Waals surface area (Å²) in [6.07, 6.45) is 0.876. The maximum atomic E-state index is 12.5. The Labute approximate surface area is 271 Å². The number of thiazole rings is 1. The molecule has 0 saturated heterocycles. The van der Waals surface area contributed by atoms with E-state index in [9.17, 15) is 29.1 Å². The molecule has 0 radical (unpaired) electrons. The van der Waals surface area contributed by atoms with E-state index in [2.05, 4.69) is 20.9 Å². The first-order valence-electron chi connectivity index (χ1n) is 14.4. The number of carbonyl (C=O) groups excluding carboxylic acids is 1. The van der Waals surface area contributed by atoms with Crippen LogP contribution >= 0.6 is 11.3 Å². The molecule has 0 saturated carbocycles. The van der Waals surface area contributed by atoms with E-state index in [-0.39, 0.29) is 5.91 Å². The number of nitrogens with one attached hydrogen (secondary N) is 3. The maximum absolute atomic E-state index is 12.5. The Morgan fingerprint density at radius 2 is 1.51 bits per heavy atom. The summed E-state index contributed by atoms with van der Waals surface area (Å²) in [7, 11) is 0. The fourth-order valence-electron chi connectivity index (χ4n) is 5.07. The fraction of sp³-hybridized carbons (Fsp3) is 0.438. The van der Waals surface area contributed by atoms with Crippen LogP contribution in [0.4, 0.5) is 20.4 Å². The molecule has 2 aromatic carbocycles. The number of carbonyl (C=O) groups is 3. The van der Waals surface area contributed by atoms with Crippen LogP contribution in [0.3, 0.4) is 0 Å². The molecule has 0 spiro atoms. The molecule has 0 fully saturated rings. The number of hydrogen-bond donors (Lipinski definition) is 5. The summed E-state index contributed by atoms with van der Waals surface area (Å²) in [5.41, 5.74) is 1.59. The number of nitrogens with zero attached hydrogens (tertiary/aromatic N) is 2. The molecule has 0 aliphatic heterocycles. The van der Waals surface area contributed by atoms with Gasteiger partial charge in [0.25, 0.3) is 0 Å². The minimum atomic E-state index is -1.70. The highest BCUT2D eigenvalue weighted by atomic mass is 32.2. The third-order valence-corrected chi connectivity index (χ3v) is 9.13. The molecular formula is C32H43N5O6S2. The van der Waals surface area contributed by atoms with E-state index in [1.54, 1.807) is 59.9 Å². The zero-order valence-electron chi connectivity index (χ0n) is 27.0. The molecule has 0 aliphatic carbocycles. The summed E-state index contributed by atoms with van der Waals surface area (Å²) in [5.74, 6) is -1.90. The van der Waals surface area contributed by atoms with Crippen molar-refractivity contribution in [3.63, 3.8) is 0 Å². The zero-order valence-corrected chi connectivity index (χ0v) is 28.6. The molecule has 2 unspecified atom stereocenters. The van der Waals surface area contributed by atoms with Crippen LogP contribution in [-0.2, 0) is 35.2 Å². The average Bonchev–Trinajstić information content (AvgIpc) is 3.26. The third kappa shape index (κ3) is 9.12. The molecule has 3 amide bonds. The first kappa shape index (κ1) is 35.7. The molecular weight excluding hydrogens is 615 g/mol. The van der Waals surface area contributed by atoms with E-state index in [1.165, 1.54) is 18.3 Å². The van der Waals surface area contributed by atoms with Crippen LogP contribution in [0.5, 0.6) is 0 Å². The van der Waals surface area contributed by atoms with Crippen molar-refractivity contribution in [1.29, 1.82) is 0 Å². The Balaban J connectivity index is 1.86. The average molecular weight is 658 g/mol. The van der Waals surface area contributed by atoms with Crippen molar-refractivity contribution in [2.75, 3.05) is 16.9 Å². The Morgan fingerprint density at radius 3 is 1.98 bits per heavy atom.